The molecule has 3 fully saturated rings. The van der Waals surface area contributed by atoms with Crippen LogP contribution in [0.2, 0.25) is 0 Å². The van der Waals surface area contributed by atoms with E-state index in [1.54, 1.807) is 12.1 Å². The molecule has 3 saturated heterocycles. The molecule has 0 amide bonds. The molecule has 0 unspecified atom stereocenters. The van der Waals surface area contributed by atoms with E-state index in [9.17, 15) is 8.78 Å². The average molecular weight is 409 g/mol. The summed E-state index contributed by atoms with van der Waals surface area (Å²) in [5, 5.41) is 4.56. The fraction of sp³-hybridized carbons (Fsp3) is 0.458. The minimum absolute atomic E-state index is 0.256. The van der Waals surface area contributed by atoms with Crippen molar-refractivity contribution in [2.75, 3.05) is 26.2 Å². The van der Waals surface area contributed by atoms with Gasteiger partial charge in [-0.1, -0.05) is 41.6 Å². The zero-order valence-electron chi connectivity index (χ0n) is 16.9. The molecule has 2 bridgehead atoms. The van der Waals surface area contributed by atoms with Crippen molar-refractivity contribution in [2.45, 2.75) is 37.3 Å². The predicted octanol–water partition coefficient (Wildman–Crippen LogP) is 4.11. The second kappa shape index (κ2) is 6.77. The van der Waals surface area contributed by atoms with Crippen LogP contribution in [0.1, 0.15) is 42.0 Å². The minimum Gasteiger partial charge on any atom is -0.386 e. The van der Waals surface area contributed by atoms with Gasteiger partial charge in [-0.25, -0.2) is 8.78 Å². The van der Waals surface area contributed by atoms with Crippen LogP contribution in [0, 0.1) is 17.6 Å². The first-order valence-electron chi connectivity index (χ1n) is 10.9. The van der Waals surface area contributed by atoms with E-state index < -0.39 is 17.7 Å². The Bertz CT molecular complexity index is 1020. The molecule has 2 aromatic carbocycles. The quantitative estimate of drug-likeness (QED) is 0.710. The van der Waals surface area contributed by atoms with Crippen molar-refractivity contribution in [1.82, 2.24) is 9.80 Å². The van der Waals surface area contributed by atoms with Crippen molar-refractivity contribution in [1.29, 1.82) is 0 Å². The van der Waals surface area contributed by atoms with Gasteiger partial charge in [0.2, 0.25) is 0 Å². The molecule has 0 saturated carbocycles. The molecule has 0 aromatic heterocycles. The highest BCUT2D eigenvalue weighted by atomic mass is 19.2. The molecule has 156 valence electrons. The largest absolute Gasteiger partial charge is 0.386 e. The summed E-state index contributed by atoms with van der Waals surface area (Å²) in [5.41, 5.74) is 2.30. The SMILES string of the molecule is Fc1cccc([C@H]2c3ccccc3CCN2C2=NO[C@]3(C2)CN2CCC3CC2)c1F. The fourth-order valence-corrected chi connectivity index (χ4v) is 5.97. The van der Waals surface area contributed by atoms with Crippen LogP contribution in [0.5, 0.6) is 0 Å². The maximum atomic E-state index is 14.9. The van der Waals surface area contributed by atoms with Crippen LogP contribution >= 0.6 is 0 Å². The van der Waals surface area contributed by atoms with Gasteiger partial charge in [-0.2, -0.15) is 0 Å². The fourth-order valence-electron chi connectivity index (χ4n) is 5.97. The minimum atomic E-state index is -0.811. The molecule has 5 heterocycles. The molecule has 7 rings (SSSR count). The van der Waals surface area contributed by atoms with Crippen LogP contribution in [-0.4, -0.2) is 47.4 Å². The first-order valence-corrected chi connectivity index (χ1v) is 10.9. The Balaban J connectivity index is 1.39. The lowest BCUT2D eigenvalue weighted by Crippen LogP contribution is -2.59. The molecule has 5 aliphatic heterocycles. The molecule has 4 nitrogen and oxygen atoms in total. The summed E-state index contributed by atoms with van der Waals surface area (Å²) in [7, 11) is 0. The van der Waals surface area contributed by atoms with Crippen LogP contribution in [0.3, 0.4) is 0 Å². The van der Waals surface area contributed by atoms with Crippen LogP contribution in [0.15, 0.2) is 47.6 Å². The zero-order valence-corrected chi connectivity index (χ0v) is 16.9. The van der Waals surface area contributed by atoms with Crippen molar-refractivity contribution in [3.63, 3.8) is 0 Å². The zero-order chi connectivity index (χ0) is 20.3. The van der Waals surface area contributed by atoms with E-state index in [1.807, 2.05) is 18.2 Å². The Morgan fingerprint density at radius 1 is 0.967 bits per heavy atom. The topological polar surface area (TPSA) is 28.1 Å². The third kappa shape index (κ3) is 2.69. The monoisotopic (exact) mass is 409 g/mol. The summed E-state index contributed by atoms with van der Waals surface area (Å²) >= 11 is 0. The van der Waals surface area contributed by atoms with Gasteiger partial charge < -0.3 is 9.74 Å². The smallest absolute Gasteiger partial charge is 0.164 e. The van der Waals surface area contributed by atoms with E-state index >= 15 is 0 Å². The Morgan fingerprint density at radius 2 is 1.77 bits per heavy atom. The number of oxime groups is 1. The van der Waals surface area contributed by atoms with Crippen molar-refractivity contribution in [3.8, 4) is 0 Å². The van der Waals surface area contributed by atoms with Crippen LogP contribution < -0.4 is 0 Å². The summed E-state index contributed by atoms with van der Waals surface area (Å²) < 4.78 is 29.1. The van der Waals surface area contributed by atoms with Gasteiger partial charge in [-0.3, -0.25) is 4.90 Å². The maximum Gasteiger partial charge on any atom is 0.164 e. The summed E-state index contributed by atoms with van der Waals surface area (Å²) in [4.78, 5) is 10.8. The van der Waals surface area contributed by atoms with Gasteiger partial charge in [0, 0.05) is 24.6 Å². The number of nitrogens with zero attached hydrogens (tertiary/aromatic N) is 3. The lowest BCUT2D eigenvalue weighted by Gasteiger charge is -2.49. The number of amidine groups is 1. The maximum absolute atomic E-state index is 14.9. The third-order valence-corrected chi connectivity index (χ3v) is 7.50. The molecule has 0 aliphatic carbocycles. The first-order chi connectivity index (χ1) is 14.6. The molecule has 6 heteroatoms. The summed E-state index contributed by atoms with van der Waals surface area (Å²) in [5.74, 6) is -0.202. The predicted molar refractivity (Wildman–Crippen MR) is 110 cm³/mol. The first kappa shape index (κ1) is 18.3. The van der Waals surface area contributed by atoms with E-state index in [4.69, 9.17) is 4.84 Å². The molecular weight excluding hydrogens is 384 g/mol. The van der Waals surface area contributed by atoms with Crippen molar-refractivity contribution >= 4 is 5.84 Å². The van der Waals surface area contributed by atoms with E-state index in [2.05, 4.69) is 21.0 Å². The Kier molecular flexibility index (Phi) is 4.13. The molecule has 5 aliphatic rings. The summed E-state index contributed by atoms with van der Waals surface area (Å²) in [6, 6.07) is 12.1. The number of benzene rings is 2. The van der Waals surface area contributed by atoms with Gasteiger partial charge in [0.15, 0.2) is 17.2 Å². The molecule has 2 aromatic rings. The third-order valence-electron chi connectivity index (χ3n) is 7.50. The van der Waals surface area contributed by atoms with Gasteiger partial charge in [-0.05, 0) is 49.5 Å². The van der Waals surface area contributed by atoms with Gasteiger partial charge in [0.25, 0.3) is 0 Å². The highest BCUT2D eigenvalue weighted by Gasteiger charge is 2.53. The highest BCUT2D eigenvalue weighted by molar-refractivity contribution is 5.85. The number of fused-ring (bicyclic) bond motifs is 3. The second-order valence-electron chi connectivity index (χ2n) is 9.08. The average Bonchev–Trinajstić information content (AvgIpc) is 3.19. The highest BCUT2D eigenvalue weighted by Crippen LogP contribution is 2.46. The number of hydrogen-bond acceptors (Lipinski definition) is 4. The van der Waals surface area contributed by atoms with Crippen molar-refractivity contribution in [3.05, 3.63) is 70.8 Å². The molecule has 2 atom stereocenters. The molecule has 0 N–H and O–H groups in total. The molecular formula is C24H25F2N3O. The van der Waals surface area contributed by atoms with Crippen LogP contribution in [0.4, 0.5) is 8.78 Å². The number of hydrogen-bond donors (Lipinski definition) is 0. The van der Waals surface area contributed by atoms with Crippen LogP contribution in [0.25, 0.3) is 0 Å². The number of piperidine rings is 3. The Hall–Kier alpha value is -2.47. The normalized spacial score (nSPS) is 32.1. The number of halogens is 2. The Labute approximate surface area is 175 Å². The van der Waals surface area contributed by atoms with E-state index in [0.717, 1.165) is 56.7 Å². The van der Waals surface area contributed by atoms with E-state index in [-0.39, 0.29) is 5.60 Å². The van der Waals surface area contributed by atoms with Gasteiger partial charge >= 0.3 is 0 Å². The summed E-state index contributed by atoms with van der Waals surface area (Å²) in [6.07, 6.45) is 3.89. The van der Waals surface area contributed by atoms with Gasteiger partial charge in [0.1, 0.15) is 5.84 Å². The lowest BCUT2D eigenvalue weighted by molar-refractivity contribution is -0.136. The van der Waals surface area contributed by atoms with Gasteiger partial charge in [-0.15, -0.1) is 0 Å². The van der Waals surface area contributed by atoms with Crippen molar-refractivity contribution < 1.29 is 13.6 Å². The van der Waals surface area contributed by atoms with Crippen LogP contribution in [-0.2, 0) is 11.3 Å². The lowest BCUT2D eigenvalue weighted by atomic mass is 9.73. The standard InChI is InChI=1S/C24H25F2N3O/c25-20-7-3-6-19(22(20)26)23-18-5-2-1-4-16(18)8-13-29(23)21-14-24(30-27-21)15-28-11-9-17(24)10-12-28/h1-7,17,23H,8-15H2/t23-,24-/m1/s1. The van der Waals surface area contributed by atoms with E-state index in [1.165, 1.54) is 11.6 Å². The van der Waals surface area contributed by atoms with Crippen molar-refractivity contribution in [2.24, 2.45) is 11.1 Å². The second-order valence-corrected chi connectivity index (χ2v) is 9.08. The van der Waals surface area contributed by atoms with E-state index in [0.29, 0.717) is 18.0 Å². The van der Waals surface area contributed by atoms with Gasteiger partial charge in [0.05, 0.1) is 12.5 Å². The molecule has 30 heavy (non-hydrogen) atoms. The summed E-state index contributed by atoms with van der Waals surface area (Å²) in [6.45, 7) is 3.90. The number of rotatable bonds is 1. The molecule has 1 spiro atoms. The molecule has 0 radical (unpaired) electrons. The Morgan fingerprint density at radius 3 is 2.57 bits per heavy atom.